The van der Waals surface area contributed by atoms with Crippen LogP contribution in [0.5, 0.6) is 0 Å². The highest BCUT2D eigenvalue weighted by atomic mass is 35.5. The van der Waals surface area contributed by atoms with Crippen molar-refractivity contribution in [2.24, 2.45) is 5.92 Å². The number of carbonyl (C=O) groups excluding carboxylic acids is 3. The fourth-order valence-corrected chi connectivity index (χ4v) is 5.79. The van der Waals surface area contributed by atoms with E-state index >= 15 is 0 Å². The number of alkyl halides is 6. The third kappa shape index (κ3) is 8.07. The number of likely N-dealkylation sites (tertiary alicyclic amines) is 1. The molecule has 2 aromatic rings. The fraction of sp³-hybridized carbons (Fsp3) is 0.500. The van der Waals surface area contributed by atoms with Crippen LogP contribution in [0.4, 0.5) is 35.5 Å². The molecule has 2 aliphatic heterocycles. The van der Waals surface area contributed by atoms with E-state index in [1.165, 1.54) is 33.0 Å². The predicted octanol–water partition coefficient (Wildman–Crippen LogP) is 6.42. The molecule has 2 saturated heterocycles. The van der Waals surface area contributed by atoms with E-state index in [1.54, 1.807) is 13.0 Å². The van der Waals surface area contributed by atoms with Gasteiger partial charge in [0.25, 0.3) is 5.91 Å². The maximum Gasteiger partial charge on any atom is 0.417 e. The van der Waals surface area contributed by atoms with Crippen LogP contribution in [0, 0.1) is 18.7 Å². The van der Waals surface area contributed by atoms with Crippen molar-refractivity contribution in [2.75, 3.05) is 33.2 Å². The van der Waals surface area contributed by atoms with Gasteiger partial charge >= 0.3 is 18.4 Å². The van der Waals surface area contributed by atoms with E-state index in [-0.39, 0.29) is 50.1 Å². The number of piperidine rings is 1. The SMILES string of the molecule is Cc1cc(F)ccc1[C@@H]1CN(CCN2C(=O)OC(C)(C)C2=O)CC[C@H]1C(=O)N(C)Cc1cc(C(F)(F)F)cc(C(F)(F)F)c1.Cl. The first kappa shape index (κ1) is 36.1. The van der Waals surface area contributed by atoms with Crippen LogP contribution in [0.25, 0.3) is 0 Å². The van der Waals surface area contributed by atoms with E-state index in [0.717, 1.165) is 9.80 Å². The van der Waals surface area contributed by atoms with Crippen LogP contribution in [-0.4, -0.2) is 71.4 Å². The minimum absolute atomic E-state index is 0. The highest BCUT2D eigenvalue weighted by Gasteiger charge is 2.47. The highest BCUT2D eigenvalue weighted by molar-refractivity contribution is 6.02. The van der Waals surface area contributed by atoms with E-state index in [9.17, 15) is 45.1 Å². The summed E-state index contributed by atoms with van der Waals surface area (Å²) in [6, 6.07) is 5.32. The number of hydrogen-bond acceptors (Lipinski definition) is 5. The van der Waals surface area contributed by atoms with E-state index in [1.807, 2.05) is 4.90 Å². The molecule has 2 heterocycles. The van der Waals surface area contributed by atoms with E-state index < -0.39 is 71.2 Å². The van der Waals surface area contributed by atoms with Crippen LogP contribution < -0.4 is 0 Å². The summed E-state index contributed by atoms with van der Waals surface area (Å²) in [5.74, 6) is -2.72. The monoisotopic (exact) mass is 667 g/mol. The molecule has 15 heteroatoms. The van der Waals surface area contributed by atoms with Crippen LogP contribution in [0.1, 0.15) is 54.0 Å². The molecule has 4 rings (SSSR count). The Bertz CT molecular complexity index is 1420. The third-order valence-electron chi connectivity index (χ3n) is 8.05. The summed E-state index contributed by atoms with van der Waals surface area (Å²) in [4.78, 5) is 42.5. The number of aryl methyl sites for hydroxylation is 1. The summed E-state index contributed by atoms with van der Waals surface area (Å²) in [7, 11) is 1.31. The fourth-order valence-electron chi connectivity index (χ4n) is 5.79. The lowest BCUT2D eigenvalue weighted by Gasteiger charge is -2.40. The Hall–Kier alpha value is -3.39. The number of imide groups is 1. The van der Waals surface area contributed by atoms with Crippen LogP contribution in [0.2, 0.25) is 0 Å². The first-order chi connectivity index (χ1) is 20.3. The molecule has 45 heavy (non-hydrogen) atoms. The van der Waals surface area contributed by atoms with Crippen molar-refractivity contribution in [1.82, 2.24) is 14.7 Å². The Morgan fingerprint density at radius 2 is 1.60 bits per heavy atom. The summed E-state index contributed by atoms with van der Waals surface area (Å²) in [6.07, 6.45) is -10.6. The minimum Gasteiger partial charge on any atom is -0.433 e. The normalized spacial score (nSPS) is 20.6. The number of cyclic esters (lactones) is 1. The van der Waals surface area contributed by atoms with Crippen molar-refractivity contribution in [3.63, 3.8) is 0 Å². The second kappa shape index (κ2) is 13.1. The lowest BCUT2D eigenvalue weighted by Crippen LogP contribution is -2.48. The Balaban J connectivity index is 0.00000552. The number of rotatable bonds is 7. The van der Waals surface area contributed by atoms with Gasteiger partial charge in [0.15, 0.2) is 5.60 Å². The van der Waals surface area contributed by atoms with Gasteiger partial charge in [-0.2, -0.15) is 26.3 Å². The van der Waals surface area contributed by atoms with Gasteiger partial charge < -0.3 is 14.5 Å². The van der Waals surface area contributed by atoms with Gasteiger partial charge in [0.2, 0.25) is 5.91 Å². The summed E-state index contributed by atoms with van der Waals surface area (Å²) >= 11 is 0. The Labute approximate surface area is 261 Å². The zero-order valence-corrected chi connectivity index (χ0v) is 25.7. The summed E-state index contributed by atoms with van der Waals surface area (Å²) in [5.41, 5.74) is -3.35. The molecule has 0 aromatic heterocycles. The van der Waals surface area contributed by atoms with Gasteiger partial charge in [0, 0.05) is 45.1 Å². The topological polar surface area (TPSA) is 70.2 Å². The summed E-state index contributed by atoms with van der Waals surface area (Å²) in [6.45, 7) is 5.04. The van der Waals surface area contributed by atoms with Gasteiger partial charge in [-0.05, 0) is 80.8 Å². The molecule has 3 amide bonds. The highest BCUT2D eigenvalue weighted by Crippen LogP contribution is 2.38. The van der Waals surface area contributed by atoms with Gasteiger partial charge in [-0.3, -0.25) is 9.59 Å². The molecule has 0 aliphatic carbocycles. The molecule has 7 nitrogen and oxygen atoms in total. The van der Waals surface area contributed by atoms with Gasteiger partial charge in [-0.1, -0.05) is 6.07 Å². The van der Waals surface area contributed by atoms with Crippen molar-refractivity contribution in [1.29, 1.82) is 0 Å². The first-order valence-corrected chi connectivity index (χ1v) is 13.8. The maximum absolute atomic E-state index is 14.0. The second-order valence-electron chi connectivity index (χ2n) is 11.7. The number of nitrogens with zero attached hydrogens (tertiary/aromatic N) is 3. The standard InChI is InChI=1S/C30H32F7N3O4.ClH/c1-17-11-21(31)5-6-22(17)24-16-39(9-10-40-26(42)28(2,3)44-27(40)43)8-7-23(24)25(41)38(4)15-18-12-19(29(32,33)34)14-20(13-18)30(35,36)37;/h5-6,11-14,23-24H,7-10,15-16H2,1-4H3;1H/t23-,24+;/m1./s1. The Morgan fingerprint density at radius 1 is 1.00 bits per heavy atom. The van der Waals surface area contributed by atoms with Crippen molar-refractivity contribution < 1.29 is 49.9 Å². The largest absolute Gasteiger partial charge is 0.433 e. The first-order valence-electron chi connectivity index (χ1n) is 13.8. The molecule has 0 bridgehead atoms. The smallest absolute Gasteiger partial charge is 0.417 e. The number of halogens is 8. The van der Waals surface area contributed by atoms with Gasteiger partial charge in [-0.15, -0.1) is 12.4 Å². The van der Waals surface area contributed by atoms with Crippen LogP contribution >= 0.6 is 12.4 Å². The molecule has 0 radical (unpaired) electrons. The predicted molar refractivity (Wildman–Crippen MR) is 151 cm³/mol. The van der Waals surface area contributed by atoms with Crippen LogP contribution in [-0.2, 0) is 33.2 Å². The minimum atomic E-state index is -5.03. The van der Waals surface area contributed by atoms with Crippen LogP contribution in [0.15, 0.2) is 36.4 Å². The van der Waals surface area contributed by atoms with E-state index in [0.29, 0.717) is 29.8 Å². The molecule has 2 fully saturated rings. The molecule has 0 N–H and O–H groups in total. The van der Waals surface area contributed by atoms with E-state index in [4.69, 9.17) is 4.74 Å². The second-order valence-corrected chi connectivity index (χ2v) is 11.7. The average molecular weight is 668 g/mol. The zero-order chi connectivity index (χ0) is 32.8. The molecule has 0 spiro atoms. The number of benzene rings is 2. The van der Waals surface area contributed by atoms with Crippen molar-refractivity contribution in [2.45, 2.75) is 57.6 Å². The molecule has 0 saturated carbocycles. The molecule has 2 aromatic carbocycles. The zero-order valence-electron chi connectivity index (χ0n) is 24.9. The van der Waals surface area contributed by atoms with Crippen LogP contribution in [0.3, 0.4) is 0 Å². The number of hydrogen-bond donors (Lipinski definition) is 0. The van der Waals surface area contributed by atoms with Gasteiger partial charge in [-0.25, -0.2) is 14.1 Å². The Morgan fingerprint density at radius 3 is 2.11 bits per heavy atom. The number of ether oxygens (including phenoxy) is 1. The molecule has 2 atom stereocenters. The molecule has 2 aliphatic rings. The van der Waals surface area contributed by atoms with Crippen molar-refractivity contribution in [3.8, 4) is 0 Å². The molecule has 248 valence electrons. The summed E-state index contributed by atoms with van der Waals surface area (Å²) in [5, 5.41) is 0. The molecule has 0 unspecified atom stereocenters. The summed E-state index contributed by atoms with van der Waals surface area (Å²) < 4.78 is 99.4. The average Bonchev–Trinajstić information content (AvgIpc) is 3.11. The van der Waals surface area contributed by atoms with Crippen molar-refractivity contribution >= 4 is 30.3 Å². The Kier molecular flexibility index (Phi) is 10.5. The van der Waals surface area contributed by atoms with E-state index in [2.05, 4.69) is 0 Å². The van der Waals surface area contributed by atoms with Gasteiger partial charge in [0.05, 0.1) is 11.1 Å². The quantitative estimate of drug-likeness (QED) is 0.319. The van der Waals surface area contributed by atoms with Crippen molar-refractivity contribution in [3.05, 3.63) is 70.0 Å². The number of carbonyl (C=O) groups is 3. The lowest BCUT2D eigenvalue weighted by molar-refractivity contribution is -0.143. The molecular weight excluding hydrogens is 635 g/mol. The van der Waals surface area contributed by atoms with Gasteiger partial charge in [0.1, 0.15) is 5.82 Å². The maximum atomic E-state index is 14.0. The molecular formula is C30H33ClF7N3O4. The number of amides is 3. The third-order valence-corrected chi connectivity index (χ3v) is 8.05. The lowest BCUT2D eigenvalue weighted by atomic mass is 9.78.